The van der Waals surface area contributed by atoms with Gasteiger partial charge in [-0.1, -0.05) is 0 Å². The fourth-order valence-corrected chi connectivity index (χ4v) is 1.70. The summed E-state index contributed by atoms with van der Waals surface area (Å²) in [7, 11) is 1.52. The Kier molecular flexibility index (Phi) is 3.06. The number of methoxy groups -OCH3 is 1. The van der Waals surface area contributed by atoms with Gasteiger partial charge in [0, 0.05) is 17.7 Å². The summed E-state index contributed by atoms with van der Waals surface area (Å²) in [6, 6.07) is 2.69. The van der Waals surface area contributed by atoms with Crippen molar-refractivity contribution < 1.29 is 24.1 Å². The Morgan fingerprint density at radius 1 is 1.59 bits per heavy atom. The van der Waals surface area contributed by atoms with Gasteiger partial charge in [0.1, 0.15) is 5.75 Å². The molecular weight excluding hydrogens is 226 g/mol. The summed E-state index contributed by atoms with van der Waals surface area (Å²) in [5.74, 6) is 0.623. The molecule has 1 aromatic carbocycles. The monoisotopic (exact) mass is 239 g/mol. The van der Waals surface area contributed by atoms with Crippen LogP contribution in [0.25, 0.3) is 0 Å². The zero-order chi connectivity index (χ0) is 12.4. The zero-order valence-corrected chi connectivity index (χ0v) is 9.30. The van der Waals surface area contributed by atoms with Crippen LogP contribution in [0.4, 0.5) is 0 Å². The van der Waals surface area contributed by atoms with Gasteiger partial charge in [-0.2, -0.15) is 0 Å². The van der Waals surface area contributed by atoms with Crippen LogP contribution in [0, 0.1) is 0 Å². The highest BCUT2D eigenvalue weighted by molar-refractivity contribution is 5.68. The van der Waals surface area contributed by atoms with Crippen molar-refractivity contribution >= 4 is 5.97 Å². The van der Waals surface area contributed by atoms with Gasteiger partial charge in [-0.05, 0) is 6.07 Å². The topological polar surface area (TPSA) is 91.0 Å². The Bertz CT molecular complexity index is 446. The lowest BCUT2D eigenvalue weighted by atomic mass is 10.0. The first-order chi connectivity index (χ1) is 8.11. The summed E-state index contributed by atoms with van der Waals surface area (Å²) < 4.78 is 15.6. The second-order valence-corrected chi connectivity index (χ2v) is 3.65. The lowest BCUT2D eigenvalue weighted by Crippen LogP contribution is -2.15. The van der Waals surface area contributed by atoms with Crippen LogP contribution in [-0.4, -0.2) is 25.0 Å². The Labute approximate surface area is 97.9 Å². The fourth-order valence-electron chi connectivity index (χ4n) is 1.70. The molecule has 0 fully saturated rings. The first-order valence-electron chi connectivity index (χ1n) is 5.06. The number of hydrogen-bond donors (Lipinski definition) is 2. The van der Waals surface area contributed by atoms with Crippen LogP contribution < -0.4 is 19.9 Å². The molecular formula is C11H13NO5. The molecule has 0 aliphatic carbocycles. The molecule has 17 heavy (non-hydrogen) atoms. The van der Waals surface area contributed by atoms with Crippen molar-refractivity contribution in [1.29, 1.82) is 0 Å². The number of hydrogen-bond acceptors (Lipinski definition) is 5. The van der Waals surface area contributed by atoms with Crippen LogP contribution in [0.1, 0.15) is 18.0 Å². The van der Waals surface area contributed by atoms with E-state index in [1.807, 2.05) is 0 Å². The maximum Gasteiger partial charge on any atom is 0.305 e. The quantitative estimate of drug-likeness (QED) is 0.811. The minimum atomic E-state index is -0.965. The van der Waals surface area contributed by atoms with E-state index in [1.165, 1.54) is 7.11 Å². The Morgan fingerprint density at radius 3 is 3.00 bits per heavy atom. The maximum absolute atomic E-state index is 10.7. The molecule has 1 aliphatic heterocycles. The highest BCUT2D eigenvalue weighted by Crippen LogP contribution is 2.42. The minimum Gasteiger partial charge on any atom is -0.497 e. The fraction of sp³-hybridized carbons (Fsp3) is 0.364. The van der Waals surface area contributed by atoms with Gasteiger partial charge in [-0.15, -0.1) is 0 Å². The first-order valence-corrected chi connectivity index (χ1v) is 5.06. The SMILES string of the molecule is COc1cc2c(c(C(N)CC(=O)O)c1)OCO2. The third-order valence-electron chi connectivity index (χ3n) is 2.50. The molecule has 1 heterocycles. The third kappa shape index (κ3) is 2.26. The molecule has 0 saturated carbocycles. The number of carboxylic acid groups (broad SMARTS) is 1. The van der Waals surface area contributed by atoms with Gasteiger partial charge >= 0.3 is 5.97 Å². The van der Waals surface area contributed by atoms with E-state index in [-0.39, 0.29) is 13.2 Å². The van der Waals surface area contributed by atoms with Gasteiger partial charge in [0.25, 0.3) is 0 Å². The number of benzene rings is 1. The number of aliphatic carboxylic acids is 1. The van der Waals surface area contributed by atoms with Crippen LogP contribution in [0.5, 0.6) is 17.2 Å². The van der Waals surface area contributed by atoms with Crippen molar-refractivity contribution in [2.45, 2.75) is 12.5 Å². The largest absolute Gasteiger partial charge is 0.497 e. The second-order valence-electron chi connectivity index (χ2n) is 3.65. The highest BCUT2D eigenvalue weighted by Gasteiger charge is 2.24. The Hall–Kier alpha value is -1.95. The Morgan fingerprint density at radius 2 is 2.35 bits per heavy atom. The molecule has 0 bridgehead atoms. The molecule has 0 spiro atoms. The van der Waals surface area contributed by atoms with Gasteiger partial charge in [-0.25, -0.2) is 0 Å². The van der Waals surface area contributed by atoms with E-state index in [0.29, 0.717) is 22.8 Å². The number of carbonyl (C=O) groups is 1. The van der Waals surface area contributed by atoms with E-state index in [0.717, 1.165) is 0 Å². The predicted octanol–water partition coefficient (Wildman–Crippen LogP) is 0.898. The van der Waals surface area contributed by atoms with Gasteiger partial charge in [0.05, 0.1) is 13.5 Å². The van der Waals surface area contributed by atoms with E-state index in [9.17, 15) is 4.79 Å². The third-order valence-corrected chi connectivity index (χ3v) is 2.50. The van der Waals surface area contributed by atoms with Crippen molar-refractivity contribution in [3.63, 3.8) is 0 Å². The summed E-state index contributed by atoms with van der Waals surface area (Å²) >= 11 is 0. The number of rotatable bonds is 4. The average molecular weight is 239 g/mol. The summed E-state index contributed by atoms with van der Waals surface area (Å²) in [6.07, 6.45) is -0.178. The highest BCUT2D eigenvalue weighted by atomic mass is 16.7. The lowest BCUT2D eigenvalue weighted by Gasteiger charge is -2.13. The molecule has 6 heteroatoms. The summed E-state index contributed by atoms with van der Waals surface area (Å²) in [5, 5.41) is 8.74. The van der Waals surface area contributed by atoms with Gasteiger partial charge in [-0.3, -0.25) is 4.79 Å². The van der Waals surface area contributed by atoms with E-state index in [4.69, 9.17) is 25.1 Å². The molecule has 3 N–H and O–H groups in total. The molecule has 6 nitrogen and oxygen atoms in total. The van der Waals surface area contributed by atoms with E-state index in [2.05, 4.69) is 0 Å². The molecule has 1 aromatic rings. The van der Waals surface area contributed by atoms with Crippen molar-refractivity contribution in [3.8, 4) is 17.2 Å². The zero-order valence-electron chi connectivity index (χ0n) is 9.30. The number of ether oxygens (including phenoxy) is 3. The van der Waals surface area contributed by atoms with Crippen LogP contribution in [0.3, 0.4) is 0 Å². The van der Waals surface area contributed by atoms with Crippen LogP contribution >= 0.6 is 0 Å². The number of nitrogens with two attached hydrogens (primary N) is 1. The molecule has 92 valence electrons. The smallest absolute Gasteiger partial charge is 0.305 e. The van der Waals surface area contributed by atoms with E-state index < -0.39 is 12.0 Å². The molecule has 0 radical (unpaired) electrons. The standard InChI is InChI=1S/C11H13NO5/c1-15-6-2-7(8(12)4-10(13)14)11-9(3-6)16-5-17-11/h2-3,8H,4-5,12H2,1H3,(H,13,14). The molecule has 0 aromatic heterocycles. The lowest BCUT2D eigenvalue weighted by molar-refractivity contribution is -0.137. The van der Waals surface area contributed by atoms with Gasteiger partial charge in [0.2, 0.25) is 6.79 Å². The average Bonchev–Trinajstić information content (AvgIpc) is 2.74. The van der Waals surface area contributed by atoms with Crippen LogP contribution in [0.2, 0.25) is 0 Å². The molecule has 1 unspecified atom stereocenters. The molecule has 0 amide bonds. The maximum atomic E-state index is 10.7. The van der Waals surface area contributed by atoms with Crippen LogP contribution in [0.15, 0.2) is 12.1 Å². The molecule has 2 rings (SSSR count). The van der Waals surface area contributed by atoms with E-state index >= 15 is 0 Å². The van der Waals surface area contributed by atoms with Crippen molar-refractivity contribution in [3.05, 3.63) is 17.7 Å². The van der Waals surface area contributed by atoms with Gasteiger partial charge < -0.3 is 25.1 Å². The van der Waals surface area contributed by atoms with Crippen LogP contribution in [-0.2, 0) is 4.79 Å². The van der Waals surface area contributed by atoms with Crippen molar-refractivity contribution in [2.24, 2.45) is 5.73 Å². The van der Waals surface area contributed by atoms with Gasteiger partial charge in [0.15, 0.2) is 11.5 Å². The van der Waals surface area contributed by atoms with E-state index in [1.54, 1.807) is 12.1 Å². The molecule has 0 saturated heterocycles. The van der Waals surface area contributed by atoms with Crippen molar-refractivity contribution in [2.75, 3.05) is 13.9 Å². The number of carboxylic acids is 1. The second kappa shape index (κ2) is 4.50. The first kappa shape index (κ1) is 11.5. The molecule has 1 aliphatic rings. The Balaban J connectivity index is 2.38. The minimum absolute atomic E-state index is 0.106. The normalized spacial score (nSPS) is 14.5. The molecule has 1 atom stereocenters. The summed E-state index contributed by atoms with van der Waals surface area (Å²) in [5.41, 5.74) is 6.40. The number of fused-ring (bicyclic) bond motifs is 1. The van der Waals surface area contributed by atoms with Crippen molar-refractivity contribution in [1.82, 2.24) is 0 Å². The summed E-state index contributed by atoms with van der Waals surface area (Å²) in [4.78, 5) is 10.7. The summed E-state index contributed by atoms with van der Waals surface area (Å²) in [6.45, 7) is 0.106. The predicted molar refractivity (Wildman–Crippen MR) is 58.3 cm³/mol.